The number of nitrogens with zero attached hydrogens (tertiary/aromatic N) is 3. The van der Waals surface area contributed by atoms with Gasteiger partial charge in [0, 0.05) is 6.04 Å². The molecule has 1 N–H and O–H groups in total. The van der Waals surface area contributed by atoms with Crippen molar-refractivity contribution in [3.8, 4) is 5.75 Å². The molecule has 0 aliphatic heterocycles. The maximum absolute atomic E-state index is 12.7. The van der Waals surface area contributed by atoms with Crippen LogP contribution in [0.1, 0.15) is 57.8 Å². The molecule has 1 atom stereocenters. The number of aromatic nitrogens is 3. The van der Waals surface area contributed by atoms with E-state index in [0.717, 1.165) is 23.8 Å². The fraction of sp³-hybridized carbons (Fsp3) is 0.550. The van der Waals surface area contributed by atoms with E-state index in [1.807, 2.05) is 45.0 Å². The third-order valence-corrected chi connectivity index (χ3v) is 5.93. The van der Waals surface area contributed by atoms with Crippen molar-refractivity contribution < 1.29 is 9.53 Å². The molecular formula is C20H28N4O2S. The van der Waals surface area contributed by atoms with Gasteiger partial charge in [-0.25, -0.2) is 0 Å². The lowest BCUT2D eigenvalue weighted by Crippen LogP contribution is -2.24. The maximum Gasteiger partial charge on any atom is 0.237 e. The molecule has 1 heterocycles. The maximum atomic E-state index is 12.7. The second kappa shape index (κ2) is 9.26. The Hall–Kier alpha value is -2.02. The number of anilines is 1. The molecule has 2 aromatic rings. The number of para-hydroxylation sites is 2. The van der Waals surface area contributed by atoms with E-state index in [-0.39, 0.29) is 11.2 Å². The SMILES string of the molecule is CCOc1ccccc1NC(=O)C(C)Sc1nnc(C)n1C1CCCCC1. The van der Waals surface area contributed by atoms with Gasteiger partial charge < -0.3 is 14.6 Å². The first-order valence-corrected chi connectivity index (χ1v) is 10.6. The van der Waals surface area contributed by atoms with Crippen molar-refractivity contribution in [1.82, 2.24) is 14.8 Å². The van der Waals surface area contributed by atoms with Gasteiger partial charge in [-0.15, -0.1) is 10.2 Å². The van der Waals surface area contributed by atoms with Gasteiger partial charge in [0.1, 0.15) is 11.6 Å². The summed E-state index contributed by atoms with van der Waals surface area (Å²) in [7, 11) is 0. The largest absolute Gasteiger partial charge is 0.492 e. The molecule has 1 aromatic carbocycles. The van der Waals surface area contributed by atoms with Gasteiger partial charge in [-0.1, -0.05) is 43.2 Å². The third kappa shape index (κ3) is 4.83. The lowest BCUT2D eigenvalue weighted by Gasteiger charge is -2.25. The summed E-state index contributed by atoms with van der Waals surface area (Å²) in [6.45, 7) is 6.38. The Labute approximate surface area is 165 Å². The lowest BCUT2D eigenvalue weighted by molar-refractivity contribution is -0.115. The highest BCUT2D eigenvalue weighted by molar-refractivity contribution is 8.00. The Morgan fingerprint density at radius 1 is 1.30 bits per heavy atom. The normalized spacial score (nSPS) is 16.1. The zero-order chi connectivity index (χ0) is 19.2. The summed E-state index contributed by atoms with van der Waals surface area (Å²) < 4.78 is 7.81. The van der Waals surface area contributed by atoms with E-state index >= 15 is 0 Å². The van der Waals surface area contributed by atoms with Crippen LogP contribution in [-0.4, -0.2) is 32.5 Å². The molecule has 0 radical (unpaired) electrons. The number of nitrogens with one attached hydrogen (secondary N) is 1. The molecule has 27 heavy (non-hydrogen) atoms. The van der Waals surface area contributed by atoms with Crippen LogP contribution in [0.3, 0.4) is 0 Å². The number of carbonyl (C=O) groups is 1. The van der Waals surface area contributed by atoms with Gasteiger partial charge in [0.15, 0.2) is 5.16 Å². The zero-order valence-electron chi connectivity index (χ0n) is 16.3. The molecule has 1 aliphatic carbocycles. The summed E-state index contributed by atoms with van der Waals surface area (Å²) in [5, 5.41) is 12.1. The standard InChI is InChI=1S/C20H28N4O2S/c1-4-26-18-13-9-8-12-17(18)21-19(25)14(2)27-20-23-22-15(3)24(20)16-10-6-5-7-11-16/h8-9,12-14,16H,4-7,10-11H2,1-3H3,(H,21,25). The van der Waals surface area contributed by atoms with E-state index in [0.29, 0.717) is 24.1 Å². The number of aryl methyl sites for hydroxylation is 1. The minimum atomic E-state index is -0.286. The number of amides is 1. The number of benzene rings is 1. The summed E-state index contributed by atoms with van der Waals surface area (Å²) in [4.78, 5) is 12.7. The lowest BCUT2D eigenvalue weighted by atomic mass is 9.95. The molecule has 1 unspecified atom stereocenters. The van der Waals surface area contributed by atoms with Crippen LogP contribution in [0, 0.1) is 6.92 Å². The summed E-state index contributed by atoms with van der Waals surface area (Å²) in [5.74, 6) is 1.55. The first-order valence-electron chi connectivity index (χ1n) is 9.71. The summed E-state index contributed by atoms with van der Waals surface area (Å²) >= 11 is 1.47. The second-order valence-electron chi connectivity index (χ2n) is 6.87. The number of hydrogen-bond acceptors (Lipinski definition) is 5. The average Bonchev–Trinajstić information content (AvgIpc) is 3.04. The van der Waals surface area contributed by atoms with Crippen molar-refractivity contribution in [2.45, 2.75) is 69.3 Å². The highest BCUT2D eigenvalue weighted by Crippen LogP contribution is 2.34. The van der Waals surface area contributed by atoms with E-state index in [2.05, 4.69) is 20.1 Å². The van der Waals surface area contributed by atoms with E-state index in [9.17, 15) is 4.79 Å². The van der Waals surface area contributed by atoms with Crippen molar-refractivity contribution in [2.75, 3.05) is 11.9 Å². The molecule has 0 saturated heterocycles. The van der Waals surface area contributed by atoms with E-state index in [4.69, 9.17) is 4.74 Å². The van der Waals surface area contributed by atoms with Crippen LogP contribution in [0.5, 0.6) is 5.75 Å². The second-order valence-corrected chi connectivity index (χ2v) is 8.18. The number of rotatable bonds is 7. The number of thioether (sulfide) groups is 1. The summed E-state index contributed by atoms with van der Waals surface area (Å²) in [6, 6.07) is 7.95. The minimum Gasteiger partial charge on any atom is -0.492 e. The van der Waals surface area contributed by atoms with Crippen LogP contribution < -0.4 is 10.1 Å². The van der Waals surface area contributed by atoms with Gasteiger partial charge in [0.05, 0.1) is 17.5 Å². The van der Waals surface area contributed by atoms with Crippen molar-refractivity contribution in [2.24, 2.45) is 0 Å². The molecule has 1 fully saturated rings. The highest BCUT2D eigenvalue weighted by atomic mass is 32.2. The number of carbonyl (C=O) groups excluding carboxylic acids is 1. The Kier molecular flexibility index (Phi) is 6.77. The molecular weight excluding hydrogens is 360 g/mol. The number of ether oxygens (including phenoxy) is 1. The molecule has 0 bridgehead atoms. The smallest absolute Gasteiger partial charge is 0.237 e. The van der Waals surface area contributed by atoms with Crippen molar-refractivity contribution in [3.63, 3.8) is 0 Å². The highest BCUT2D eigenvalue weighted by Gasteiger charge is 2.24. The summed E-state index contributed by atoms with van der Waals surface area (Å²) in [6.07, 6.45) is 6.12. The zero-order valence-corrected chi connectivity index (χ0v) is 17.1. The fourth-order valence-electron chi connectivity index (χ4n) is 3.49. The van der Waals surface area contributed by atoms with Crippen LogP contribution in [0.2, 0.25) is 0 Å². The monoisotopic (exact) mass is 388 g/mol. The molecule has 0 spiro atoms. The van der Waals surface area contributed by atoms with E-state index in [1.165, 1.54) is 31.0 Å². The molecule has 1 saturated carbocycles. The molecule has 1 aromatic heterocycles. The van der Waals surface area contributed by atoms with Gasteiger partial charge in [0.25, 0.3) is 0 Å². The predicted octanol–water partition coefficient (Wildman–Crippen LogP) is 4.61. The van der Waals surface area contributed by atoms with Gasteiger partial charge in [-0.05, 0) is 45.7 Å². The number of hydrogen-bond donors (Lipinski definition) is 1. The Balaban J connectivity index is 1.69. The van der Waals surface area contributed by atoms with Gasteiger partial charge >= 0.3 is 0 Å². The van der Waals surface area contributed by atoms with Crippen LogP contribution in [0.15, 0.2) is 29.4 Å². The van der Waals surface area contributed by atoms with E-state index in [1.54, 1.807) is 0 Å². The average molecular weight is 389 g/mol. The quantitative estimate of drug-likeness (QED) is 0.702. The van der Waals surface area contributed by atoms with Gasteiger partial charge in [0.2, 0.25) is 5.91 Å². The van der Waals surface area contributed by atoms with E-state index < -0.39 is 0 Å². The topological polar surface area (TPSA) is 69.0 Å². The predicted molar refractivity (Wildman–Crippen MR) is 108 cm³/mol. The van der Waals surface area contributed by atoms with Crippen LogP contribution in [-0.2, 0) is 4.79 Å². The van der Waals surface area contributed by atoms with Crippen molar-refractivity contribution in [1.29, 1.82) is 0 Å². The van der Waals surface area contributed by atoms with Gasteiger partial charge in [-0.2, -0.15) is 0 Å². The molecule has 1 amide bonds. The molecule has 3 rings (SSSR count). The first-order chi connectivity index (χ1) is 13.1. The Morgan fingerprint density at radius 3 is 2.78 bits per heavy atom. The van der Waals surface area contributed by atoms with Crippen LogP contribution >= 0.6 is 11.8 Å². The molecule has 6 nitrogen and oxygen atoms in total. The summed E-state index contributed by atoms with van der Waals surface area (Å²) in [5.41, 5.74) is 0.696. The molecule has 146 valence electrons. The Morgan fingerprint density at radius 2 is 2.04 bits per heavy atom. The Bertz CT molecular complexity index is 771. The van der Waals surface area contributed by atoms with Crippen LogP contribution in [0.25, 0.3) is 0 Å². The minimum absolute atomic E-state index is 0.0667. The third-order valence-electron chi connectivity index (χ3n) is 4.87. The fourth-order valence-corrected chi connectivity index (χ4v) is 4.45. The molecule has 1 aliphatic rings. The van der Waals surface area contributed by atoms with Crippen LogP contribution in [0.4, 0.5) is 5.69 Å². The van der Waals surface area contributed by atoms with Gasteiger partial charge in [-0.3, -0.25) is 4.79 Å². The van der Waals surface area contributed by atoms with Crippen molar-refractivity contribution in [3.05, 3.63) is 30.1 Å². The first kappa shape index (κ1) is 19.7. The molecule has 7 heteroatoms. The van der Waals surface area contributed by atoms with Crippen molar-refractivity contribution >= 4 is 23.4 Å².